The Kier molecular flexibility index (Phi) is 5.18. The fraction of sp³-hybridized carbons (Fsp3) is 0.120. The van der Waals surface area contributed by atoms with Crippen molar-refractivity contribution in [3.63, 3.8) is 0 Å². The van der Waals surface area contributed by atoms with E-state index in [1.54, 1.807) is 16.8 Å². The highest BCUT2D eigenvalue weighted by molar-refractivity contribution is 6.30. The molecule has 164 valence electrons. The summed E-state index contributed by atoms with van der Waals surface area (Å²) in [6.45, 7) is 5.75. The van der Waals surface area contributed by atoms with Crippen molar-refractivity contribution < 1.29 is 9.32 Å². The number of aryl methyl sites for hydroxylation is 2. The van der Waals surface area contributed by atoms with Gasteiger partial charge < -0.3 is 9.84 Å². The van der Waals surface area contributed by atoms with Gasteiger partial charge in [0.15, 0.2) is 11.5 Å². The van der Waals surface area contributed by atoms with E-state index in [-0.39, 0.29) is 11.6 Å². The van der Waals surface area contributed by atoms with Gasteiger partial charge in [0.25, 0.3) is 5.91 Å². The number of fused-ring (bicyclic) bond motifs is 1. The summed E-state index contributed by atoms with van der Waals surface area (Å²) in [5.41, 5.74) is 6.02. The Morgan fingerprint density at radius 3 is 2.58 bits per heavy atom. The molecule has 0 saturated heterocycles. The second-order valence-corrected chi connectivity index (χ2v) is 8.36. The van der Waals surface area contributed by atoms with Crippen molar-refractivity contribution in [3.8, 4) is 17.0 Å². The van der Waals surface area contributed by atoms with Gasteiger partial charge in [-0.3, -0.25) is 4.79 Å². The van der Waals surface area contributed by atoms with Crippen LogP contribution in [-0.2, 0) is 0 Å². The number of anilines is 1. The lowest BCUT2D eigenvalue weighted by atomic mass is 10.1. The predicted molar refractivity (Wildman–Crippen MR) is 128 cm³/mol. The van der Waals surface area contributed by atoms with Crippen molar-refractivity contribution in [1.82, 2.24) is 20.2 Å². The first-order valence-electron chi connectivity index (χ1n) is 10.4. The number of hydrogen-bond donors (Lipinski definition) is 1. The Morgan fingerprint density at radius 2 is 1.79 bits per heavy atom. The lowest BCUT2D eigenvalue weighted by Gasteiger charge is -2.09. The summed E-state index contributed by atoms with van der Waals surface area (Å²) >= 11 is 6.01. The number of hydrogen-bond acceptors (Lipinski definition) is 5. The van der Waals surface area contributed by atoms with Crippen molar-refractivity contribution in [2.75, 3.05) is 5.32 Å². The van der Waals surface area contributed by atoms with E-state index in [1.165, 1.54) is 0 Å². The Bertz CT molecular complexity index is 1500. The van der Waals surface area contributed by atoms with E-state index in [0.29, 0.717) is 22.0 Å². The summed E-state index contributed by atoms with van der Waals surface area (Å²) in [7, 11) is 0. The summed E-state index contributed by atoms with van der Waals surface area (Å²) in [4.78, 5) is 12.9. The molecule has 0 saturated carbocycles. The molecule has 0 aliphatic carbocycles. The molecule has 1 amide bonds. The van der Waals surface area contributed by atoms with E-state index in [2.05, 4.69) is 20.8 Å². The molecule has 3 aromatic carbocycles. The zero-order valence-corrected chi connectivity index (χ0v) is 19.0. The van der Waals surface area contributed by atoms with Crippen LogP contribution < -0.4 is 5.32 Å². The van der Waals surface area contributed by atoms with E-state index in [9.17, 15) is 4.79 Å². The second kappa shape index (κ2) is 8.18. The Hall–Kier alpha value is -3.97. The third-order valence-electron chi connectivity index (χ3n) is 5.56. The molecule has 0 fully saturated rings. The van der Waals surface area contributed by atoms with E-state index in [1.807, 2.05) is 69.3 Å². The third-order valence-corrected chi connectivity index (χ3v) is 5.81. The van der Waals surface area contributed by atoms with Crippen molar-refractivity contribution in [1.29, 1.82) is 0 Å². The fourth-order valence-electron chi connectivity index (χ4n) is 3.71. The Balaban J connectivity index is 1.49. The van der Waals surface area contributed by atoms with Gasteiger partial charge in [-0.15, -0.1) is 5.10 Å². The standard InChI is InChI=1S/C25H20ClN5O2/c1-14-4-5-15(2)22(12-14)27-25(32)23-16(3)31(30-28-23)19-10-11-21-20(13-19)24(33-29-21)17-6-8-18(26)9-7-17/h4-13H,1-3H3,(H,27,32). The summed E-state index contributed by atoms with van der Waals surface area (Å²) < 4.78 is 7.23. The number of carbonyl (C=O) groups excluding carboxylic acids is 1. The molecule has 0 bridgehead atoms. The normalized spacial score (nSPS) is 11.2. The number of rotatable bonds is 4. The third kappa shape index (κ3) is 3.87. The molecule has 5 aromatic rings. The van der Waals surface area contributed by atoms with Crippen molar-refractivity contribution in [2.24, 2.45) is 0 Å². The largest absolute Gasteiger partial charge is 0.355 e. The maximum absolute atomic E-state index is 12.9. The molecule has 33 heavy (non-hydrogen) atoms. The maximum atomic E-state index is 12.9. The van der Waals surface area contributed by atoms with E-state index in [0.717, 1.165) is 33.5 Å². The molecule has 2 aromatic heterocycles. The highest BCUT2D eigenvalue weighted by Gasteiger charge is 2.19. The van der Waals surface area contributed by atoms with E-state index < -0.39 is 0 Å². The maximum Gasteiger partial charge on any atom is 0.278 e. The summed E-state index contributed by atoms with van der Waals surface area (Å²) in [5.74, 6) is 0.328. The quantitative estimate of drug-likeness (QED) is 0.362. The van der Waals surface area contributed by atoms with Crippen LogP contribution in [0.4, 0.5) is 5.69 Å². The number of amides is 1. The van der Waals surface area contributed by atoms with Gasteiger partial charge in [-0.05, 0) is 80.4 Å². The van der Waals surface area contributed by atoms with E-state index >= 15 is 0 Å². The molecular formula is C25H20ClN5O2. The van der Waals surface area contributed by atoms with Crippen molar-refractivity contribution in [2.45, 2.75) is 20.8 Å². The minimum Gasteiger partial charge on any atom is -0.355 e. The van der Waals surface area contributed by atoms with Gasteiger partial charge in [0.05, 0.1) is 16.8 Å². The lowest BCUT2D eigenvalue weighted by molar-refractivity contribution is 0.102. The molecule has 8 heteroatoms. The molecule has 0 radical (unpaired) electrons. The van der Waals surface area contributed by atoms with Gasteiger partial charge in [0, 0.05) is 16.3 Å². The van der Waals surface area contributed by atoms with Crippen LogP contribution in [0.15, 0.2) is 65.2 Å². The number of carbonyl (C=O) groups is 1. The SMILES string of the molecule is Cc1ccc(C)c(NC(=O)c2nnn(-c3ccc4noc(-c5ccc(Cl)cc5)c4c3)c2C)c1. The smallest absolute Gasteiger partial charge is 0.278 e. The molecule has 0 aliphatic heterocycles. The number of aromatic nitrogens is 4. The molecule has 7 nitrogen and oxygen atoms in total. The minimum atomic E-state index is -0.305. The van der Waals surface area contributed by atoms with Gasteiger partial charge in [-0.2, -0.15) is 0 Å². The first-order valence-corrected chi connectivity index (χ1v) is 10.7. The van der Waals surface area contributed by atoms with Crippen LogP contribution in [0.2, 0.25) is 5.02 Å². The number of halogens is 1. The van der Waals surface area contributed by atoms with Gasteiger partial charge in [-0.25, -0.2) is 4.68 Å². The average Bonchev–Trinajstić information content (AvgIpc) is 3.40. The predicted octanol–water partition coefficient (Wildman–Crippen LogP) is 5.91. The topological polar surface area (TPSA) is 85.8 Å². The summed E-state index contributed by atoms with van der Waals surface area (Å²) in [6, 6.07) is 18.9. The highest BCUT2D eigenvalue weighted by atomic mass is 35.5. The minimum absolute atomic E-state index is 0.263. The Morgan fingerprint density at radius 1 is 1.00 bits per heavy atom. The monoisotopic (exact) mass is 457 g/mol. The van der Waals surface area contributed by atoms with Crippen LogP contribution in [0.3, 0.4) is 0 Å². The molecule has 2 heterocycles. The van der Waals surface area contributed by atoms with E-state index in [4.69, 9.17) is 16.1 Å². The first kappa shape index (κ1) is 20.9. The highest BCUT2D eigenvalue weighted by Crippen LogP contribution is 2.31. The molecule has 0 atom stereocenters. The van der Waals surface area contributed by atoms with Crippen LogP contribution in [0.25, 0.3) is 27.9 Å². The second-order valence-electron chi connectivity index (χ2n) is 7.93. The first-order chi connectivity index (χ1) is 15.9. The molecule has 0 unspecified atom stereocenters. The average molecular weight is 458 g/mol. The molecular weight excluding hydrogens is 438 g/mol. The van der Waals surface area contributed by atoms with Gasteiger partial charge in [0.2, 0.25) is 0 Å². The zero-order chi connectivity index (χ0) is 23.1. The van der Waals surface area contributed by atoms with Crippen molar-refractivity contribution in [3.05, 3.63) is 88.2 Å². The van der Waals surface area contributed by atoms with Crippen LogP contribution in [0.1, 0.15) is 27.3 Å². The lowest BCUT2D eigenvalue weighted by Crippen LogP contribution is -2.15. The number of nitrogens with one attached hydrogen (secondary N) is 1. The van der Waals surface area contributed by atoms with Gasteiger partial charge >= 0.3 is 0 Å². The number of nitrogens with zero attached hydrogens (tertiary/aromatic N) is 4. The summed E-state index contributed by atoms with van der Waals surface area (Å²) in [6.07, 6.45) is 0. The number of benzene rings is 3. The molecule has 1 N–H and O–H groups in total. The van der Waals surface area contributed by atoms with Crippen LogP contribution in [0.5, 0.6) is 0 Å². The van der Waals surface area contributed by atoms with Crippen molar-refractivity contribution >= 4 is 34.1 Å². The molecule has 0 aliphatic rings. The van der Waals surface area contributed by atoms with Gasteiger partial charge in [-0.1, -0.05) is 34.1 Å². The molecule has 5 rings (SSSR count). The van der Waals surface area contributed by atoms with Crippen LogP contribution in [0, 0.1) is 20.8 Å². The summed E-state index contributed by atoms with van der Waals surface area (Å²) in [5, 5.41) is 16.9. The van der Waals surface area contributed by atoms with Crippen LogP contribution >= 0.6 is 11.6 Å². The van der Waals surface area contributed by atoms with Crippen LogP contribution in [-0.4, -0.2) is 26.1 Å². The fourth-order valence-corrected chi connectivity index (χ4v) is 3.83. The van der Waals surface area contributed by atoms with Gasteiger partial charge in [0.1, 0.15) is 5.52 Å². The Labute approximate surface area is 195 Å². The molecule has 0 spiro atoms. The zero-order valence-electron chi connectivity index (χ0n) is 18.3.